The van der Waals surface area contributed by atoms with Crippen LogP contribution < -0.4 is 4.74 Å². The van der Waals surface area contributed by atoms with Gasteiger partial charge in [-0.2, -0.15) is 0 Å². The lowest BCUT2D eigenvalue weighted by Crippen LogP contribution is -2.36. The molecule has 0 spiro atoms. The minimum absolute atomic E-state index is 0.135. The maximum atomic E-state index is 12.9. The number of carbonyl (C=O) groups is 1. The number of amides is 1. The summed E-state index contributed by atoms with van der Waals surface area (Å²) in [7, 11) is 1.88. The summed E-state index contributed by atoms with van der Waals surface area (Å²) in [6.45, 7) is 6.42. The molecule has 4 rings (SSSR count). The van der Waals surface area contributed by atoms with Crippen molar-refractivity contribution in [2.75, 3.05) is 7.05 Å². The first-order valence-electron chi connectivity index (χ1n) is 10.2. The summed E-state index contributed by atoms with van der Waals surface area (Å²) in [5.74, 6) is 2.33. The molecule has 1 aromatic rings. The molecule has 3 aliphatic rings. The molecule has 4 heteroatoms. The van der Waals surface area contributed by atoms with Gasteiger partial charge in [-0.05, 0) is 62.7 Å². The highest BCUT2D eigenvalue weighted by molar-refractivity contribution is 6.02. The standard InChI is InChI=1S/C23H30N2O2/c1-15-18-10-5-6-11-19(18)24-22(15)25(4)20(26)13-12-16-8-7-9-17-14-23(2,3)27-21(16)17/h7-9,15H,5-6,10-14H2,1-4H3. The Hall–Kier alpha value is -2.10. The largest absolute Gasteiger partial charge is 0.487 e. The van der Waals surface area contributed by atoms with Gasteiger partial charge in [0.15, 0.2) is 0 Å². The lowest BCUT2D eigenvalue weighted by atomic mass is 9.89. The molecule has 0 saturated heterocycles. The van der Waals surface area contributed by atoms with Gasteiger partial charge in [-0.1, -0.05) is 25.1 Å². The smallest absolute Gasteiger partial charge is 0.227 e. The monoisotopic (exact) mass is 366 g/mol. The quantitative estimate of drug-likeness (QED) is 0.780. The maximum absolute atomic E-state index is 12.9. The van der Waals surface area contributed by atoms with E-state index >= 15 is 0 Å². The summed E-state index contributed by atoms with van der Waals surface area (Å²) in [6.07, 6.45) is 6.78. The van der Waals surface area contributed by atoms with Crippen LogP contribution in [0.3, 0.4) is 0 Å². The molecule has 1 aromatic carbocycles. The second-order valence-electron chi connectivity index (χ2n) is 8.77. The molecule has 2 aliphatic heterocycles. The molecule has 0 aromatic heterocycles. The lowest BCUT2D eigenvalue weighted by molar-refractivity contribution is -0.126. The van der Waals surface area contributed by atoms with E-state index in [1.165, 1.54) is 29.7 Å². The van der Waals surface area contributed by atoms with Crippen LogP contribution >= 0.6 is 0 Å². The van der Waals surface area contributed by atoms with Gasteiger partial charge >= 0.3 is 0 Å². The van der Waals surface area contributed by atoms with Crippen LogP contribution in [0, 0.1) is 5.92 Å². The topological polar surface area (TPSA) is 41.9 Å². The molecule has 144 valence electrons. The predicted molar refractivity (Wildman–Crippen MR) is 108 cm³/mol. The third kappa shape index (κ3) is 3.42. The van der Waals surface area contributed by atoms with Gasteiger partial charge in [-0.3, -0.25) is 4.79 Å². The zero-order valence-corrected chi connectivity index (χ0v) is 17.0. The normalized spacial score (nSPS) is 22.8. The van der Waals surface area contributed by atoms with Gasteiger partial charge in [0.05, 0.1) is 0 Å². The molecular weight excluding hydrogens is 336 g/mol. The molecule has 4 nitrogen and oxygen atoms in total. The van der Waals surface area contributed by atoms with E-state index in [9.17, 15) is 4.79 Å². The SMILES string of the molecule is CC1C(N(C)C(=O)CCc2cccc3c2OC(C)(C)C3)=NC2=C1CCCC2. The Morgan fingerprint density at radius 2 is 2.07 bits per heavy atom. The second kappa shape index (κ2) is 6.81. The van der Waals surface area contributed by atoms with Gasteiger partial charge in [0.2, 0.25) is 5.91 Å². The van der Waals surface area contributed by atoms with Crippen molar-refractivity contribution in [2.45, 2.75) is 71.3 Å². The van der Waals surface area contributed by atoms with Gasteiger partial charge in [0.25, 0.3) is 0 Å². The summed E-state index contributed by atoms with van der Waals surface area (Å²) in [4.78, 5) is 19.5. The first-order chi connectivity index (χ1) is 12.9. The van der Waals surface area contributed by atoms with E-state index in [0.717, 1.165) is 36.4 Å². The Morgan fingerprint density at radius 3 is 2.85 bits per heavy atom. The molecule has 1 amide bonds. The Labute approximate surface area is 162 Å². The second-order valence-corrected chi connectivity index (χ2v) is 8.77. The van der Waals surface area contributed by atoms with Crippen molar-refractivity contribution in [3.63, 3.8) is 0 Å². The summed E-state index contributed by atoms with van der Waals surface area (Å²) >= 11 is 0. The minimum Gasteiger partial charge on any atom is -0.487 e. The van der Waals surface area contributed by atoms with Crippen molar-refractivity contribution in [3.05, 3.63) is 40.6 Å². The zero-order valence-electron chi connectivity index (χ0n) is 17.0. The fraction of sp³-hybridized carbons (Fsp3) is 0.565. The van der Waals surface area contributed by atoms with E-state index in [0.29, 0.717) is 12.8 Å². The molecule has 0 radical (unpaired) electrons. The highest BCUT2D eigenvalue weighted by Crippen LogP contribution is 2.39. The van der Waals surface area contributed by atoms with Crippen molar-refractivity contribution in [1.29, 1.82) is 0 Å². The number of carbonyl (C=O) groups excluding carboxylic acids is 1. The number of allylic oxidation sites excluding steroid dienone is 1. The Balaban J connectivity index is 1.42. The number of benzene rings is 1. The molecule has 0 bridgehead atoms. The zero-order chi connectivity index (χ0) is 19.2. The number of amidine groups is 1. The average Bonchev–Trinajstić information content (AvgIpc) is 3.15. The van der Waals surface area contributed by atoms with Crippen molar-refractivity contribution in [1.82, 2.24) is 4.90 Å². The van der Waals surface area contributed by atoms with E-state index in [1.54, 1.807) is 4.90 Å². The number of fused-ring (bicyclic) bond motifs is 1. The third-order valence-electron chi connectivity index (χ3n) is 6.14. The molecule has 1 aliphatic carbocycles. The van der Waals surface area contributed by atoms with Crippen LogP contribution in [0.2, 0.25) is 0 Å². The van der Waals surface area contributed by atoms with Crippen molar-refractivity contribution >= 4 is 11.7 Å². The summed E-state index contributed by atoms with van der Waals surface area (Å²) in [6, 6.07) is 6.30. The van der Waals surface area contributed by atoms with Crippen LogP contribution in [-0.4, -0.2) is 29.3 Å². The molecule has 0 N–H and O–H groups in total. The lowest BCUT2D eigenvalue weighted by Gasteiger charge is -2.23. The first kappa shape index (κ1) is 18.3. The molecule has 1 unspecified atom stereocenters. The fourth-order valence-corrected chi connectivity index (χ4v) is 4.68. The highest BCUT2D eigenvalue weighted by Gasteiger charge is 2.33. The first-order valence-corrected chi connectivity index (χ1v) is 10.2. The summed E-state index contributed by atoms with van der Waals surface area (Å²) in [5, 5.41) is 0. The minimum atomic E-state index is -0.155. The van der Waals surface area contributed by atoms with Crippen LogP contribution in [0.5, 0.6) is 5.75 Å². The van der Waals surface area contributed by atoms with Crippen LogP contribution in [0.1, 0.15) is 64.0 Å². The molecular formula is C23H30N2O2. The number of aliphatic imine (C=N–C) groups is 1. The highest BCUT2D eigenvalue weighted by atomic mass is 16.5. The number of hydrogen-bond donors (Lipinski definition) is 0. The van der Waals surface area contributed by atoms with Crippen LogP contribution in [0.4, 0.5) is 0 Å². The Morgan fingerprint density at radius 1 is 1.30 bits per heavy atom. The van der Waals surface area contributed by atoms with Gasteiger partial charge < -0.3 is 9.64 Å². The third-order valence-corrected chi connectivity index (χ3v) is 6.14. The number of hydrogen-bond acceptors (Lipinski definition) is 3. The van der Waals surface area contributed by atoms with Crippen LogP contribution in [0.15, 0.2) is 34.5 Å². The fourth-order valence-electron chi connectivity index (χ4n) is 4.68. The van der Waals surface area contributed by atoms with E-state index in [1.807, 2.05) is 7.05 Å². The van der Waals surface area contributed by atoms with Crippen molar-refractivity contribution < 1.29 is 9.53 Å². The van der Waals surface area contributed by atoms with E-state index in [4.69, 9.17) is 9.73 Å². The van der Waals surface area contributed by atoms with Crippen molar-refractivity contribution in [3.8, 4) is 5.75 Å². The molecule has 1 atom stereocenters. The summed E-state index contributed by atoms with van der Waals surface area (Å²) in [5.41, 5.74) is 4.92. The number of ether oxygens (including phenoxy) is 1. The Kier molecular flexibility index (Phi) is 4.61. The van der Waals surface area contributed by atoms with Gasteiger partial charge in [0, 0.05) is 31.5 Å². The van der Waals surface area contributed by atoms with Crippen LogP contribution in [0.25, 0.3) is 0 Å². The van der Waals surface area contributed by atoms with Crippen molar-refractivity contribution in [2.24, 2.45) is 10.9 Å². The number of aryl methyl sites for hydroxylation is 1. The maximum Gasteiger partial charge on any atom is 0.227 e. The van der Waals surface area contributed by atoms with Gasteiger partial charge in [0.1, 0.15) is 17.2 Å². The summed E-state index contributed by atoms with van der Waals surface area (Å²) < 4.78 is 6.14. The van der Waals surface area contributed by atoms with Gasteiger partial charge in [-0.15, -0.1) is 0 Å². The van der Waals surface area contributed by atoms with Crippen LogP contribution in [-0.2, 0) is 17.6 Å². The van der Waals surface area contributed by atoms with E-state index in [-0.39, 0.29) is 17.4 Å². The number of para-hydroxylation sites is 1. The van der Waals surface area contributed by atoms with E-state index in [2.05, 4.69) is 39.0 Å². The number of rotatable bonds is 3. The molecule has 27 heavy (non-hydrogen) atoms. The van der Waals surface area contributed by atoms with Gasteiger partial charge in [-0.25, -0.2) is 4.99 Å². The average molecular weight is 367 g/mol. The predicted octanol–water partition coefficient (Wildman–Crippen LogP) is 4.67. The molecule has 0 saturated carbocycles. The van der Waals surface area contributed by atoms with E-state index < -0.39 is 0 Å². The Bertz CT molecular complexity index is 835. The number of nitrogens with zero attached hydrogens (tertiary/aromatic N) is 2. The molecule has 0 fully saturated rings. The molecule has 2 heterocycles.